The minimum Gasteiger partial charge on any atom is -0.459 e. The second-order valence-electron chi connectivity index (χ2n) is 2.47. The van der Waals surface area contributed by atoms with Gasteiger partial charge in [0.15, 0.2) is 17.7 Å². The maximum absolute atomic E-state index is 12.9. The van der Waals surface area contributed by atoms with Crippen LogP contribution in [-0.2, 0) is 0 Å². The van der Waals surface area contributed by atoms with Gasteiger partial charge in [-0.25, -0.2) is 8.78 Å². The van der Waals surface area contributed by atoms with Crippen LogP contribution < -0.4 is 4.74 Å². The molecule has 1 aromatic heterocycles. The minimum absolute atomic E-state index is 0.348. The van der Waals surface area contributed by atoms with Crippen molar-refractivity contribution in [3.8, 4) is 18.2 Å². The van der Waals surface area contributed by atoms with Crippen LogP contribution in [0.5, 0.6) is 5.88 Å². The Morgan fingerprint density at radius 3 is 2.64 bits per heavy atom. The van der Waals surface area contributed by atoms with Gasteiger partial charge in [0.1, 0.15) is 0 Å². The van der Waals surface area contributed by atoms with Crippen LogP contribution in [0, 0.1) is 29.9 Å². The lowest BCUT2D eigenvalue weighted by molar-refractivity contribution is 0.246. The molecule has 0 aliphatic rings. The molecule has 0 N–H and O–H groups in total. The van der Waals surface area contributed by atoms with Crippen LogP contribution in [0.1, 0.15) is 6.92 Å². The van der Waals surface area contributed by atoms with Crippen LogP contribution in [0.3, 0.4) is 0 Å². The molecule has 0 fully saturated rings. The number of rotatable bonds is 2. The zero-order valence-electron chi connectivity index (χ0n) is 7.22. The Labute approximate surface area is 78.7 Å². The van der Waals surface area contributed by atoms with Gasteiger partial charge in [0, 0.05) is 6.07 Å². The van der Waals surface area contributed by atoms with Crippen molar-refractivity contribution in [3.05, 3.63) is 23.6 Å². The maximum atomic E-state index is 12.9. The van der Waals surface area contributed by atoms with Gasteiger partial charge in [-0.3, -0.25) is 0 Å². The Balaban J connectivity index is 2.99. The van der Waals surface area contributed by atoms with Crippen molar-refractivity contribution in [2.24, 2.45) is 0 Å². The summed E-state index contributed by atoms with van der Waals surface area (Å²) < 4.78 is 42.5. The monoisotopic (exact) mass is 201 g/mol. The number of aromatic nitrogens is 1. The zero-order chi connectivity index (χ0) is 10.7. The zero-order valence-corrected chi connectivity index (χ0v) is 7.22. The number of nitrogens with zero attached hydrogens (tertiary/aromatic N) is 1. The number of ether oxygens (including phenoxy) is 1. The van der Waals surface area contributed by atoms with E-state index in [1.165, 1.54) is 6.92 Å². The Hall–Kier alpha value is -1.70. The van der Waals surface area contributed by atoms with Gasteiger partial charge in [-0.05, 0) is 6.92 Å². The third-order valence-corrected chi connectivity index (χ3v) is 1.38. The van der Waals surface area contributed by atoms with E-state index in [4.69, 9.17) is 11.2 Å². The van der Waals surface area contributed by atoms with Crippen molar-refractivity contribution in [2.45, 2.75) is 13.0 Å². The van der Waals surface area contributed by atoms with E-state index in [2.05, 4.69) is 10.9 Å². The first-order valence-electron chi connectivity index (χ1n) is 3.69. The van der Waals surface area contributed by atoms with Crippen LogP contribution in [0.25, 0.3) is 0 Å². The van der Waals surface area contributed by atoms with E-state index in [0.29, 0.717) is 6.07 Å². The van der Waals surface area contributed by atoms with Gasteiger partial charge in [-0.15, -0.1) is 6.42 Å². The summed E-state index contributed by atoms with van der Waals surface area (Å²) in [5.74, 6) is -2.40. The third-order valence-electron chi connectivity index (χ3n) is 1.38. The van der Waals surface area contributed by atoms with Gasteiger partial charge in [-0.1, -0.05) is 5.92 Å². The molecule has 1 atom stereocenters. The van der Waals surface area contributed by atoms with Crippen LogP contribution in [0.4, 0.5) is 13.2 Å². The van der Waals surface area contributed by atoms with Gasteiger partial charge >= 0.3 is 0 Å². The van der Waals surface area contributed by atoms with Crippen molar-refractivity contribution in [1.82, 2.24) is 4.98 Å². The maximum Gasteiger partial charge on any atom is 0.254 e. The molecule has 1 unspecified atom stereocenters. The van der Waals surface area contributed by atoms with Crippen LogP contribution >= 0.6 is 0 Å². The summed E-state index contributed by atoms with van der Waals surface area (Å²) in [5, 5.41) is 0. The number of halogens is 3. The summed E-state index contributed by atoms with van der Waals surface area (Å²) in [5.41, 5.74) is 0. The first kappa shape index (κ1) is 10.4. The molecule has 0 aliphatic carbocycles. The van der Waals surface area contributed by atoms with Gasteiger partial charge in [0.05, 0.1) is 0 Å². The largest absolute Gasteiger partial charge is 0.459 e. The highest BCUT2D eigenvalue weighted by molar-refractivity contribution is 5.16. The van der Waals surface area contributed by atoms with Crippen LogP contribution in [-0.4, -0.2) is 11.1 Å². The van der Waals surface area contributed by atoms with Gasteiger partial charge in [0.25, 0.3) is 11.8 Å². The summed E-state index contributed by atoms with van der Waals surface area (Å²) in [7, 11) is 0. The van der Waals surface area contributed by atoms with E-state index in [0.717, 1.165) is 0 Å². The van der Waals surface area contributed by atoms with E-state index in [1.807, 2.05) is 0 Å². The molecule has 0 aromatic carbocycles. The SMILES string of the molecule is C#CC(C)Oc1nc(F)c(F)cc1F. The highest BCUT2D eigenvalue weighted by Gasteiger charge is 2.14. The molecule has 0 bridgehead atoms. The van der Waals surface area contributed by atoms with Gasteiger partial charge in [0.2, 0.25) is 0 Å². The summed E-state index contributed by atoms with van der Waals surface area (Å²) in [4.78, 5) is 2.93. The summed E-state index contributed by atoms with van der Waals surface area (Å²) in [6.45, 7) is 1.45. The molecular weight excluding hydrogens is 195 g/mol. The number of pyridine rings is 1. The smallest absolute Gasteiger partial charge is 0.254 e. The number of terminal acetylenes is 1. The van der Waals surface area contributed by atoms with Crippen molar-refractivity contribution in [3.63, 3.8) is 0 Å². The fourth-order valence-corrected chi connectivity index (χ4v) is 0.713. The Bertz CT molecular complexity index is 386. The van der Waals surface area contributed by atoms with Gasteiger partial charge in [-0.2, -0.15) is 9.37 Å². The van der Waals surface area contributed by atoms with E-state index < -0.39 is 29.6 Å². The van der Waals surface area contributed by atoms with E-state index in [1.54, 1.807) is 0 Å². The van der Waals surface area contributed by atoms with Crippen molar-refractivity contribution < 1.29 is 17.9 Å². The van der Waals surface area contributed by atoms with Crippen LogP contribution in [0.2, 0.25) is 0 Å². The summed E-state index contributed by atoms with van der Waals surface area (Å²) >= 11 is 0. The molecule has 74 valence electrons. The van der Waals surface area contributed by atoms with Crippen molar-refractivity contribution in [2.75, 3.05) is 0 Å². The molecule has 0 radical (unpaired) electrons. The molecule has 0 amide bonds. The normalized spacial score (nSPS) is 11.9. The number of hydrogen-bond acceptors (Lipinski definition) is 2. The second kappa shape index (κ2) is 4.01. The molecule has 2 nitrogen and oxygen atoms in total. The molecule has 0 spiro atoms. The number of hydrogen-bond donors (Lipinski definition) is 0. The van der Waals surface area contributed by atoms with Crippen molar-refractivity contribution >= 4 is 0 Å². The molecule has 5 heteroatoms. The average molecular weight is 201 g/mol. The fraction of sp³-hybridized carbons (Fsp3) is 0.222. The lowest BCUT2D eigenvalue weighted by atomic mass is 10.4. The second-order valence-corrected chi connectivity index (χ2v) is 2.47. The first-order chi connectivity index (χ1) is 6.54. The van der Waals surface area contributed by atoms with Gasteiger partial charge < -0.3 is 4.74 Å². The highest BCUT2D eigenvalue weighted by atomic mass is 19.2. The molecule has 1 aromatic rings. The molecule has 0 saturated heterocycles. The molecule has 0 saturated carbocycles. The Morgan fingerprint density at radius 1 is 1.43 bits per heavy atom. The molecular formula is C9H6F3NO. The van der Waals surface area contributed by atoms with E-state index >= 15 is 0 Å². The molecule has 0 aliphatic heterocycles. The van der Waals surface area contributed by atoms with Crippen LogP contribution in [0.15, 0.2) is 6.07 Å². The first-order valence-corrected chi connectivity index (χ1v) is 3.69. The predicted molar refractivity (Wildman–Crippen MR) is 43.0 cm³/mol. The Morgan fingerprint density at radius 2 is 2.07 bits per heavy atom. The standard InChI is InChI=1S/C9H6F3NO/c1-3-5(2)14-9-7(11)4-6(10)8(12)13-9/h1,4-5H,2H3. The highest BCUT2D eigenvalue weighted by Crippen LogP contribution is 2.17. The molecule has 1 heterocycles. The lowest BCUT2D eigenvalue weighted by Crippen LogP contribution is -2.11. The Kier molecular flexibility index (Phi) is 2.97. The molecule has 14 heavy (non-hydrogen) atoms. The topological polar surface area (TPSA) is 22.1 Å². The predicted octanol–water partition coefficient (Wildman–Crippen LogP) is 1.90. The average Bonchev–Trinajstić information content (AvgIpc) is 2.14. The quantitative estimate of drug-likeness (QED) is 0.538. The fourth-order valence-electron chi connectivity index (χ4n) is 0.713. The molecule has 1 rings (SSSR count). The van der Waals surface area contributed by atoms with Crippen molar-refractivity contribution in [1.29, 1.82) is 0 Å². The summed E-state index contributed by atoms with van der Waals surface area (Å²) in [6.07, 6.45) is 4.18. The summed E-state index contributed by atoms with van der Waals surface area (Å²) in [6, 6.07) is 0.348. The minimum atomic E-state index is -1.43. The third kappa shape index (κ3) is 2.16. The lowest BCUT2D eigenvalue weighted by Gasteiger charge is -2.08. The van der Waals surface area contributed by atoms with E-state index in [-0.39, 0.29) is 0 Å². The van der Waals surface area contributed by atoms with E-state index in [9.17, 15) is 13.2 Å².